The van der Waals surface area contributed by atoms with E-state index >= 15 is 0 Å². The normalized spacial score (nSPS) is 15.9. The molecule has 2 rings (SSSR count). The number of nitrogens with zero attached hydrogens (tertiary/aromatic N) is 1. The molecule has 1 aromatic rings. The van der Waals surface area contributed by atoms with Crippen LogP contribution in [0.4, 0.5) is 0 Å². The number of carbonyl (C=O) groups excluding carboxylic acids is 2. The Hall–Kier alpha value is -2.37. The number of benzene rings is 1. The van der Waals surface area contributed by atoms with E-state index < -0.39 is 24.0 Å². The summed E-state index contributed by atoms with van der Waals surface area (Å²) in [6.45, 7) is 8.16. The Balaban J connectivity index is 2.21. The van der Waals surface area contributed by atoms with Gasteiger partial charge in [0.1, 0.15) is 12.1 Å². The molecular weight excluding hydrogens is 332 g/mol. The molecule has 6 nitrogen and oxygen atoms in total. The molecule has 0 bridgehead atoms. The first-order valence-corrected chi connectivity index (χ1v) is 9.12. The highest BCUT2D eigenvalue weighted by atomic mass is 16.4. The van der Waals surface area contributed by atoms with Crippen LogP contribution in [0.1, 0.15) is 56.5 Å². The minimum absolute atomic E-state index is 0.137. The third-order valence-corrected chi connectivity index (χ3v) is 4.54. The summed E-state index contributed by atoms with van der Waals surface area (Å²) in [5, 5.41) is 12.0. The van der Waals surface area contributed by atoms with Crippen molar-refractivity contribution in [2.24, 2.45) is 11.8 Å². The maximum Gasteiger partial charge on any atom is 0.326 e. The van der Waals surface area contributed by atoms with Crippen molar-refractivity contribution in [3.05, 3.63) is 35.4 Å². The molecule has 2 amide bonds. The minimum atomic E-state index is -1.05. The van der Waals surface area contributed by atoms with Gasteiger partial charge in [-0.05, 0) is 36.3 Å². The summed E-state index contributed by atoms with van der Waals surface area (Å²) in [5.74, 6) is -1.29. The molecule has 0 saturated carbocycles. The van der Waals surface area contributed by atoms with Gasteiger partial charge in [-0.3, -0.25) is 9.59 Å². The molecule has 2 atom stereocenters. The molecule has 0 unspecified atom stereocenters. The Labute approximate surface area is 154 Å². The Morgan fingerprint density at radius 1 is 1.12 bits per heavy atom. The van der Waals surface area contributed by atoms with E-state index in [0.29, 0.717) is 24.9 Å². The van der Waals surface area contributed by atoms with E-state index in [4.69, 9.17) is 0 Å². The largest absolute Gasteiger partial charge is 0.480 e. The number of carboxylic acid groups (broad SMARTS) is 1. The van der Waals surface area contributed by atoms with Gasteiger partial charge in [-0.15, -0.1) is 0 Å². The quantitative estimate of drug-likeness (QED) is 0.746. The van der Waals surface area contributed by atoms with Gasteiger partial charge in [0.05, 0.1) is 0 Å². The summed E-state index contributed by atoms with van der Waals surface area (Å²) in [7, 11) is 0. The van der Waals surface area contributed by atoms with Crippen LogP contribution in [0.25, 0.3) is 0 Å². The molecule has 0 fully saturated rings. The van der Waals surface area contributed by atoms with Gasteiger partial charge in [-0.1, -0.05) is 45.9 Å². The fourth-order valence-electron chi connectivity index (χ4n) is 3.31. The number of hydrogen-bond acceptors (Lipinski definition) is 3. The molecule has 1 heterocycles. The topological polar surface area (TPSA) is 86.7 Å². The molecule has 142 valence electrons. The van der Waals surface area contributed by atoms with Gasteiger partial charge in [0.15, 0.2) is 0 Å². The molecule has 1 aliphatic rings. The van der Waals surface area contributed by atoms with Crippen LogP contribution in [0, 0.1) is 11.8 Å². The van der Waals surface area contributed by atoms with E-state index in [9.17, 15) is 19.5 Å². The van der Waals surface area contributed by atoms with Crippen molar-refractivity contribution in [1.82, 2.24) is 10.2 Å². The van der Waals surface area contributed by atoms with Gasteiger partial charge < -0.3 is 15.3 Å². The van der Waals surface area contributed by atoms with Crippen molar-refractivity contribution in [2.75, 3.05) is 0 Å². The van der Waals surface area contributed by atoms with Crippen LogP contribution < -0.4 is 5.32 Å². The fraction of sp³-hybridized carbons (Fsp3) is 0.550. The molecule has 0 saturated heterocycles. The van der Waals surface area contributed by atoms with E-state index in [2.05, 4.69) is 5.32 Å². The number of carbonyl (C=O) groups is 3. The Morgan fingerprint density at radius 2 is 1.73 bits per heavy atom. The number of fused-ring (bicyclic) bond motifs is 1. The highest BCUT2D eigenvalue weighted by Gasteiger charge is 2.37. The summed E-state index contributed by atoms with van der Waals surface area (Å²) in [6.07, 6.45) is 0.837. The van der Waals surface area contributed by atoms with Gasteiger partial charge in [0, 0.05) is 12.1 Å². The zero-order chi connectivity index (χ0) is 19.4. The van der Waals surface area contributed by atoms with E-state index in [-0.39, 0.29) is 17.7 Å². The molecule has 6 heteroatoms. The van der Waals surface area contributed by atoms with Crippen LogP contribution in [-0.2, 0) is 16.1 Å². The first-order valence-electron chi connectivity index (χ1n) is 9.12. The lowest BCUT2D eigenvalue weighted by Gasteiger charge is -2.29. The van der Waals surface area contributed by atoms with Crippen molar-refractivity contribution in [2.45, 2.75) is 59.2 Å². The van der Waals surface area contributed by atoms with Crippen LogP contribution >= 0.6 is 0 Å². The summed E-state index contributed by atoms with van der Waals surface area (Å²) in [5.41, 5.74) is 1.52. The smallest absolute Gasteiger partial charge is 0.326 e. The molecule has 0 radical (unpaired) electrons. The van der Waals surface area contributed by atoms with Crippen LogP contribution in [0.15, 0.2) is 24.3 Å². The average Bonchev–Trinajstić information content (AvgIpc) is 2.88. The van der Waals surface area contributed by atoms with Crippen molar-refractivity contribution in [3.8, 4) is 0 Å². The maximum atomic E-state index is 12.9. The van der Waals surface area contributed by atoms with E-state index in [1.807, 2.05) is 39.8 Å². The van der Waals surface area contributed by atoms with Crippen LogP contribution in [0.3, 0.4) is 0 Å². The number of rotatable bonds is 8. The highest BCUT2D eigenvalue weighted by molar-refractivity contribution is 6.01. The summed E-state index contributed by atoms with van der Waals surface area (Å²) >= 11 is 0. The van der Waals surface area contributed by atoms with Gasteiger partial charge in [-0.2, -0.15) is 0 Å². The number of hydrogen-bond donors (Lipinski definition) is 2. The van der Waals surface area contributed by atoms with Gasteiger partial charge in [-0.25, -0.2) is 4.79 Å². The second-order valence-corrected chi connectivity index (χ2v) is 7.76. The first-order chi connectivity index (χ1) is 12.2. The van der Waals surface area contributed by atoms with Crippen molar-refractivity contribution < 1.29 is 19.5 Å². The lowest BCUT2D eigenvalue weighted by Crippen LogP contribution is -2.52. The molecule has 0 spiro atoms. The van der Waals surface area contributed by atoms with Gasteiger partial charge >= 0.3 is 5.97 Å². The second kappa shape index (κ2) is 8.34. The Morgan fingerprint density at radius 3 is 2.27 bits per heavy atom. The predicted octanol–water partition coefficient (Wildman–Crippen LogP) is 2.67. The number of aliphatic carboxylic acids is 1. The zero-order valence-electron chi connectivity index (χ0n) is 15.9. The monoisotopic (exact) mass is 360 g/mol. The third kappa shape index (κ3) is 4.62. The molecule has 2 N–H and O–H groups in total. The van der Waals surface area contributed by atoms with E-state index in [0.717, 1.165) is 5.56 Å². The fourth-order valence-corrected chi connectivity index (χ4v) is 3.31. The maximum absolute atomic E-state index is 12.9. The molecule has 0 aromatic heterocycles. The van der Waals surface area contributed by atoms with E-state index in [1.54, 1.807) is 17.0 Å². The summed E-state index contributed by atoms with van der Waals surface area (Å²) < 4.78 is 0. The highest BCUT2D eigenvalue weighted by Crippen LogP contribution is 2.27. The van der Waals surface area contributed by atoms with Gasteiger partial charge in [0.25, 0.3) is 5.91 Å². The predicted molar refractivity (Wildman–Crippen MR) is 98.6 cm³/mol. The number of nitrogens with one attached hydrogen (secondary N) is 1. The molecular formula is C20H28N2O4. The lowest BCUT2D eigenvalue weighted by atomic mass is 9.99. The molecule has 26 heavy (non-hydrogen) atoms. The Bertz CT molecular complexity index is 684. The Kier molecular flexibility index (Phi) is 6.40. The molecule has 1 aliphatic heterocycles. The van der Waals surface area contributed by atoms with Crippen LogP contribution in [-0.4, -0.2) is 39.9 Å². The zero-order valence-corrected chi connectivity index (χ0v) is 15.9. The van der Waals surface area contributed by atoms with Crippen LogP contribution in [0.2, 0.25) is 0 Å². The van der Waals surface area contributed by atoms with Crippen molar-refractivity contribution >= 4 is 17.8 Å². The third-order valence-electron chi connectivity index (χ3n) is 4.54. The first kappa shape index (κ1) is 19.9. The standard InChI is InChI=1S/C20H28N2O4/c1-12(2)9-16(20(25)26)21-18(23)17(10-13(3)4)22-11-14-7-5-6-8-15(14)19(22)24/h5-8,12-13,16-17H,9-11H2,1-4H3,(H,21,23)(H,25,26)/t16-,17-/m0/s1. The average molecular weight is 360 g/mol. The lowest BCUT2D eigenvalue weighted by molar-refractivity contribution is -0.143. The summed E-state index contributed by atoms with van der Waals surface area (Å²) in [4.78, 5) is 38.7. The van der Waals surface area contributed by atoms with Crippen molar-refractivity contribution in [3.63, 3.8) is 0 Å². The molecule has 1 aromatic carbocycles. The molecule has 0 aliphatic carbocycles. The number of amides is 2. The SMILES string of the molecule is CC(C)C[C@H](NC(=O)[C@H](CC(C)C)N1Cc2ccccc2C1=O)C(=O)O. The minimum Gasteiger partial charge on any atom is -0.480 e. The van der Waals surface area contributed by atoms with Gasteiger partial charge in [0.2, 0.25) is 5.91 Å². The number of carboxylic acids is 1. The summed E-state index contributed by atoms with van der Waals surface area (Å²) in [6, 6.07) is 5.70. The van der Waals surface area contributed by atoms with Crippen molar-refractivity contribution in [1.29, 1.82) is 0 Å². The second-order valence-electron chi connectivity index (χ2n) is 7.76. The van der Waals surface area contributed by atoms with E-state index in [1.165, 1.54) is 0 Å². The van der Waals surface area contributed by atoms with Crippen LogP contribution in [0.5, 0.6) is 0 Å².